The number of carboxylic acids is 1. The van der Waals surface area contributed by atoms with Crippen LogP contribution in [0, 0.1) is 0 Å². The summed E-state index contributed by atoms with van der Waals surface area (Å²) in [4.78, 5) is 23.8. The van der Waals surface area contributed by atoms with Crippen molar-refractivity contribution in [3.63, 3.8) is 0 Å². The number of aliphatic carboxylic acids is 1. The number of carbonyl (C=O) groups is 2. The molecule has 0 saturated carbocycles. The van der Waals surface area contributed by atoms with Gasteiger partial charge in [-0.1, -0.05) is 12.1 Å². The van der Waals surface area contributed by atoms with E-state index < -0.39 is 5.97 Å². The molecule has 0 aromatic heterocycles. The van der Waals surface area contributed by atoms with Gasteiger partial charge in [-0.15, -0.1) is 0 Å². The molecule has 1 aromatic carbocycles. The molecule has 2 rings (SSSR count). The van der Waals surface area contributed by atoms with Gasteiger partial charge in [0.05, 0.1) is 0 Å². The monoisotopic (exact) mass is 247 g/mol. The highest BCUT2D eigenvalue weighted by atomic mass is 16.4. The van der Waals surface area contributed by atoms with E-state index in [1.165, 1.54) is 11.1 Å². The summed E-state index contributed by atoms with van der Waals surface area (Å²) in [5, 5.41) is 8.65. The Labute approximate surface area is 106 Å². The van der Waals surface area contributed by atoms with Crippen molar-refractivity contribution in [2.24, 2.45) is 0 Å². The van der Waals surface area contributed by atoms with E-state index in [0.29, 0.717) is 6.42 Å². The van der Waals surface area contributed by atoms with E-state index in [9.17, 15) is 9.59 Å². The SMILES string of the molecule is CC(=O)N1CCc2c(CCCC(=O)O)cccc21. The zero-order valence-corrected chi connectivity index (χ0v) is 10.5. The third-order valence-electron chi connectivity index (χ3n) is 3.34. The van der Waals surface area contributed by atoms with E-state index in [1.807, 2.05) is 18.2 Å². The lowest BCUT2D eigenvalue weighted by Gasteiger charge is -2.15. The van der Waals surface area contributed by atoms with Crippen LogP contribution in [0.1, 0.15) is 30.9 Å². The Balaban J connectivity index is 2.14. The molecule has 1 aliphatic rings. The topological polar surface area (TPSA) is 57.6 Å². The van der Waals surface area contributed by atoms with Gasteiger partial charge >= 0.3 is 5.97 Å². The number of fused-ring (bicyclic) bond motifs is 1. The molecule has 4 nitrogen and oxygen atoms in total. The largest absolute Gasteiger partial charge is 0.481 e. The summed E-state index contributed by atoms with van der Waals surface area (Å²) < 4.78 is 0. The van der Waals surface area contributed by atoms with Gasteiger partial charge in [-0.05, 0) is 36.5 Å². The van der Waals surface area contributed by atoms with Gasteiger partial charge in [0.15, 0.2) is 0 Å². The standard InChI is InChI=1S/C14H17NO3/c1-10(16)15-9-8-12-11(4-2-6-13(12)15)5-3-7-14(17)18/h2,4,6H,3,5,7-9H2,1H3,(H,17,18). The Morgan fingerprint density at radius 2 is 2.17 bits per heavy atom. The molecule has 0 atom stereocenters. The fourth-order valence-electron chi connectivity index (χ4n) is 2.50. The maximum Gasteiger partial charge on any atom is 0.303 e. The highest BCUT2D eigenvalue weighted by Crippen LogP contribution is 2.31. The molecule has 1 amide bonds. The van der Waals surface area contributed by atoms with E-state index in [-0.39, 0.29) is 12.3 Å². The average Bonchev–Trinajstić information content (AvgIpc) is 2.73. The molecule has 18 heavy (non-hydrogen) atoms. The molecule has 0 unspecified atom stereocenters. The zero-order chi connectivity index (χ0) is 13.1. The number of carboxylic acid groups (broad SMARTS) is 1. The molecule has 0 fully saturated rings. The van der Waals surface area contributed by atoms with Crippen LogP contribution in [-0.4, -0.2) is 23.5 Å². The Morgan fingerprint density at radius 3 is 2.83 bits per heavy atom. The van der Waals surface area contributed by atoms with E-state index in [4.69, 9.17) is 5.11 Å². The molecule has 4 heteroatoms. The second kappa shape index (κ2) is 5.21. The van der Waals surface area contributed by atoms with Crippen LogP contribution in [-0.2, 0) is 22.4 Å². The maximum atomic E-state index is 11.5. The van der Waals surface area contributed by atoms with Crippen LogP contribution in [0.3, 0.4) is 0 Å². The molecule has 0 aliphatic carbocycles. The minimum Gasteiger partial charge on any atom is -0.481 e. The number of nitrogens with zero attached hydrogens (tertiary/aromatic N) is 1. The van der Waals surface area contributed by atoms with Gasteiger partial charge in [0, 0.05) is 25.6 Å². The van der Waals surface area contributed by atoms with Gasteiger partial charge in [-0.25, -0.2) is 0 Å². The summed E-state index contributed by atoms with van der Waals surface area (Å²) in [6, 6.07) is 5.94. The number of hydrogen-bond donors (Lipinski definition) is 1. The summed E-state index contributed by atoms with van der Waals surface area (Å²) in [7, 11) is 0. The molecule has 1 N–H and O–H groups in total. The Hall–Kier alpha value is -1.84. The lowest BCUT2D eigenvalue weighted by atomic mass is 10.00. The van der Waals surface area contributed by atoms with Crippen molar-refractivity contribution in [3.05, 3.63) is 29.3 Å². The smallest absolute Gasteiger partial charge is 0.303 e. The molecule has 0 saturated heterocycles. The summed E-state index contributed by atoms with van der Waals surface area (Å²) in [6.45, 7) is 2.31. The molecule has 0 radical (unpaired) electrons. The zero-order valence-electron chi connectivity index (χ0n) is 10.5. The van der Waals surface area contributed by atoms with Gasteiger partial charge in [0.2, 0.25) is 5.91 Å². The van der Waals surface area contributed by atoms with Crippen LogP contribution in [0.4, 0.5) is 5.69 Å². The molecule has 0 bridgehead atoms. The predicted molar refractivity (Wildman–Crippen MR) is 68.7 cm³/mol. The van der Waals surface area contributed by atoms with Crippen LogP contribution in [0.15, 0.2) is 18.2 Å². The van der Waals surface area contributed by atoms with Gasteiger partial charge < -0.3 is 10.0 Å². The lowest BCUT2D eigenvalue weighted by molar-refractivity contribution is -0.137. The van der Waals surface area contributed by atoms with Crippen LogP contribution in [0.2, 0.25) is 0 Å². The van der Waals surface area contributed by atoms with Gasteiger partial charge in [-0.2, -0.15) is 0 Å². The first-order valence-corrected chi connectivity index (χ1v) is 6.20. The summed E-state index contributed by atoms with van der Waals surface area (Å²) >= 11 is 0. The summed E-state index contributed by atoms with van der Waals surface area (Å²) in [5.41, 5.74) is 3.38. The third kappa shape index (κ3) is 2.53. The molecular formula is C14H17NO3. The van der Waals surface area contributed by atoms with Crippen LogP contribution in [0.25, 0.3) is 0 Å². The van der Waals surface area contributed by atoms with E-state index in [1.54, 1.807) is 11.8 Å². The van der Waals surface area contributed by atoms with Crippen molar-refractivity contribution < 1.29 is 14.7 Å². The summed E-state index contributed by atoms with van der Waals surface area (Å²) in [5.74, 6) is -0.690. The molecular weight excluding hydrogens is 230 g/mol. The van der Waals surface area contributed by atoms with Crippen molar-refractivity contribution in [1.82, 2.24) is 0 Å². The number of carbonyl (C=O) groups excluding carboxylic acids is 1. The van der Waals surface area contributed by atoms with Crippen LogP contribution < -0.4 is 4.90 Å². The Bertz CT molecular complexity index is 482. The molecule has 1 aromatic rings. The first kappa shape index (κ1) is 12.6. The summed E-state index contributed by atoms with van der Waals surface area (Å²) in [6.07, 6.45) is 2.48. The van der Waals surface area contributed by atoms with Crippen molar-refractivity contribution in [1.29, 1.82) is 0 Å². The normalized spacial score (nSPS) is 13.5. The Kier molecular flexibility index (Phi) is 3.65. The van der Waals surface area contributed by atoms with Crippen molar-refractivity contribution in [2.45, 2.75) is 32.6 Å². The number of amides is 1. The number of hydrogen-bond acceptors (Lipinski definition) is 2. The fraction of sp³-hybridized carbons (Fsp3) is 0.429. The predicted octanol–water partition coefficient (Wildman–Crippen LogP) is 2.00. The minimum atomic E-state index is -0.757. The Morgan fingerprint density at radius 1 is 1.39 bits per heavy atom. The molecule has 1 aliphatic heterocycles. The maximum absolute atomic E-state index is 11.5. The number of aryl methyl sites for hydroxylation is 1. The van der Waals surface area contributed by atoms with Crippen molar-refractivity contribution >= 4 is 17.6 Å². The van der Waals surface area contributed by atoms with Crippen LogP contribution >= 0.6 is 0 Å². The average molecular weight is 247 g/mol. The van der Waals surface area contributed by atoms with Gasteiger partial charge in [0.25, 0.3) is 0 Å². The lowest BCUT2D eigenvalue weighted by Crippen LogP contribution is -2.25. The quantitative estimate of drug-likeness (QED) is 0.885. The molecule has 96 valence electrons. The fourth-order valence-corrected chi connectivity index (χ4v) is 2.50. The van der Waals surface area contributed by atoms with Gasteiger partial charge in [-0.3, -0.25) is 9.59 Å². The highest BCUT2D eigenvalue weighted by molar-refractivity contribution is 5.94. The molecule has 1 heterocycles. The van der Waals surface area contributed by atoms with E-state index >= 15 is 0 Å². The second-order valence-corrected chi connectivity index (χ2v) is 4.58. The van der Waals surface area contributed by atoms with Crippen molar-refractivity contribution in [2.75, 3.05) is 11.4 Å². The first-order chi connectivity index (χ1) is 8.59. The number of anilines is 1. The minimum absolute atomic E-state index is 0.0661. The second-order valence-electron chi connectivity index (χ2n) is 4.58. The number of rotatable bonds is 4. The van der Waals surface area contributed by atoms with Crippen LogP contribution in [0.5, 0.6) is 0 Å². The van der Waals surface area contributed by atoms with E-state index in [2.05, 4.69) is 0 Å². The molecule has 0 spiro atoms. The van der Waals surface area contributed by atoms with Gasteiger partial charge in [0.1, 0.15) is 0 Å². The highest BCUT2D eigenvalue weighted by Gasteiger charge is 2.23. The third-order valence-corrected chi connectivity index (χ3v) is 3.34. The first-order valence-electron chi connectivity index (χ1n) is 6.20. The van der Waals surface area contributed by atoms with Crippen molar-refractivity contribution in [3.8, 4) is 0 Å². The number of benzene rings is 1. The van der Waals surface area contributed by atoms with E-state index in [0.717, 1.165) is 25.1 Å².